The van der Waals surface area contributed by atoms with E-state index in [4.69, 9.17) is 9.88 Å². The number of carbonyl (C=O) groups is 1. The third-order valence-electron chi connectivity index (χ3n) is 3.30. The van der Waals surface area contributed by atoms with Gasteiger partial charge in [-0.15, -0.1) is 0 Å². The summed E-state index contributed by atoms with van der Waals surface area (Å²) in [4.78, 5) is 12.2. The molecule has 0 aliphatic rings. The van der Waals surface area contributed by atoms with Gasteiger partial charge in [0.05, 0.1) is 17.6 Å². The van der Waals surface area contributed by atoms with Gasteiger partial charge >= 0.3 is 0 Å². The summed E-state index contributed by atoms with van der Waals surface area (Å²) in [6.07, 6.45) is 0.575. The third kappa shape index (κ3) is 4.54. The Balaban J connectivity index is 1.93. The Morgan fingerprint density at radius 1 is 1.13 bits per heavy atom. The summed E-state index contributed by atoms with van der Waals surface area (Å²) in [6, 6.07) is 13.2. The summed E-state index contributed by atoms with van der Waals surface area (Å²) in [5, 5.41) is 7.85. The molecule has 7 heteroatoms. The first kappa shape index (κ1) is 17.0. The first-order chi connectivity index (χ1) is 10.9. The highest BCUT2D eigenvalue weighted by molar-refractivity contribution is 7.89. The Hall–Kier alpha value is -2.38. The predicted octanol–water partition coefficient (Wildman–Crippen LogP) is 1.32. The summed E-state index contributed by atoms with van der Waals surface area (Å²) < 4.78 is 27.5. The number of ether oxygens (including phenoxy) is 1. The van der Waals surface area contributed by atoms with Crippen LogP contribution in [0.1, 0.15) is 15.9 Å². The van der Waals surface area contributed by atoms with E-state index in [1.54, 1.807) is 36.4 Å². The van der Waals surface area contributed by atoms with Crippen LogP contribution < -0.4 is 15.2 Å². The molecule has 2 aromatic carbocycles. The van der Waals surface area contributed by atoms with Gasteiger partial charge in [0.15, 0.2) is 0 Å². The molecule has 23 heavy (non-hydrogen) atoms. The molecular weight excluding hydrogens is 316 g/mol. The number of nitrogens with two attached hydrogens (primary N) is 1. The summed E-state index contributed by atoms with van der Waals surface area (Å²) in [5.74, 6) is 0.297. The zero-order valence-corrected chi connectivity index (χ0v) is 13.5. The van der Waals surface area contributed by atoms with E-state index in [1.807, 2.05) is 0 Å². The van der Waals surface area contributed by atoms with Gasteiger partial charge in [-0.3, -0.25) is 4.79 Å². The maximum atomic E-state index is 12.1. The molecule has 0 fully saturated rings. The van der Waals surface area contributed by atoms with Crippen molar-refractivity contribution >= 4 is 15.9 Å². The molecule has 2 rings (SSSR count). The molecule has 0 heterocycles. The van der Waals surface area contributed by atoms with Crippen LogP contribution in [0.4, 0.5) is 0 Å². The zero-order chi connectivity index (χ0) is 16.9. The van der Waals surface area contributed by atoms with Crippen molar-refractivity contribution in [3.8, 4) is 5.75 Å². The van der Waals surface area contributed by atoms with Gasteiger partial charge in [0, 0.05) is 6.54 Å². The summed E-state index contributed by atoms with van der Waals surface area (Å²) in [5.41, 5.74) is 1.37. The third-order valence-corrected chi connectivity index (χ3v) is 4.23. The second-order valence-electron chi connectivity index (χ2n) is 4.90. The zero-order valence-electron chi connectivity index (χ0n) is 12.7. The van der Waals surface area contributed by atoms with Crippen LogP contribution in [0.3, 0.4) is 0 Å². The van der Waals surface area contributed by atoms with Crippen molar-refractivity contribution in [2.24, 2.45) is 5.14 Å². The average Bonchev–Trinajstić information content (AvgIpc) is 2.54. The lowest BCUT2D eigenvalue weighted by Crippen LogP contribution is -2.26. The van der Waals surface area contributed by atoms with E-state index in [0.717, 1.165) is 5.56 Å². The van der Waals surface area contributed by atoms with Gasteiger partial charge < -0.3 is 10.1 Å². The molecule has 1 amide bonds. The fourth-order valence-corrected chi connectivity index (χ4v) is 2.61. The van der Waals surface area contributed by atoms with Gasteiger partial charge in [-0.25, -0.2) is 13.6 Å². The number of methoxy groups -OCH3 is 1. The normalized spacial score (nSPS) is 11.0. The molecule has 0 radical (unpaired) electrons. The first-order valence-corrected chi connectivity index (χ1v) is 8.49. The van der Waals surface area contributed by atoms with Gasteiger partial charge in [-0.2, -0.15) is 0 Å². The minimum Gasteiger partial charge on any atom is -0.496 e. The Kier molecular flexibility index (Phi) is 5.36. The molecular formula is C16H18N2O4S. The number of nitrogens with one attached hydrogen (secondary N) is 1. The second kappa shape index (κ2) is 7.26. The maximum Gasteiger partial charge on any atom is 0.255 e. The van der Waals surface area contributed by atoms with Crippen molar-refractivity contribution in [3.63, 3.8) is 0 Å². The lowest BCUT2D eigenvalue weighted by molar-refractivity contribution is 0.0951. The Morgan fingerprint density at radius 2 is 1.78 bits per heavy atom. The largest absolute Gasteiger partial charge is 0.496 e. The van der Waals surface area contributed by atoms with Crippen LogP contribution in [0.5, 0.6) is 5.75 Å². The van der Waals surface area contributed by atoms with E-state index in [0.29, 0.717) is 24.3 Å². The van der Waals surface area contributed by atoms with Crippen LogP contribution >= 0.6 is 0 Å². The lowest BCUT2D eigenvalue weighted by Gasteiger charge is -2.09. The van der Waals surface area contributed by atoms with E-state index in [1.165, 1.54) is 19.2 Å². The lowest BCUT2D eigenvalue weighted by atomic mass is 10.1. The van der Waals surface area contributed by atoms with Crippen LogP contribution in [0.2, 0.25) is 0 Å². The van der Waals surface area contributed by atoms with E-state index >= 15 is 0 Å². The van der Waals surface area contributed by atoms with Crippen LogP contribution in [0.25, 0.3) is 0 Å². The van der Waals surface area contributed by atoms with Crippen LogP contribution in [-0.2, 0) is 16.4 Å². The quantitative estimate of drug-likeness (QED) is 0.832. The number of hydrogen-bond acceptors (Lipinski definition) is 4. The van der Waals surface area contributed by atoms with Crippen molar-refractivity contribution in [3.05, 3.63) is 59.7 Å². The molecule has 2 aromatic rings. The topological polar surface area (TPSA) is 98.5 Å². The summed E-state index contributed by atoms with van der Waals surface area (Å²) in [6.45, 7) is 0.422. The van der Waals surface area contributed by atoms with Crippen molar-refractivity contribution in [1.29, 1.82) is 0 Å². The number of para-hydroxylation sites is 1. The molecule has 0 bridgehead atoms. The molecule has 0 unspecified atom stereocenters. The number of primary sulfonamides is 1. The molecule has 6 nitrogen and oxygen atoms in total. The Bertz CT molecular complexity index is 786. The maximum absolute atomic E-state index is 12.1. The number of sulfonamides is 1. The van der Waals surface area contributed by atoms with Crippen molar-refractivity contribution in [2.45, 2.75) is 11.3 Å². The fourth-order valence-electron chi connectivity index (χ4n) is 2.09. The minimum atomic E-state index is -3.68. The first-order valence-electron chi connectivity index (χ1n) is 6.95. The highest BCUT2D eigenvalue weighted by Crippen LogP contribution is 2.16. The van der Waals surface area contributed by atoms with Gasteiger partial charge in [-0.1, -0.05) is 24.3 Å². The molecule has 0 atom stereocenters. The molecule has 0 spiro atoms. The SMILES string of the molecule is COc1ccccc1C(=O)NCCc1ccc(S(N)(=O)=O)cc1. The van der Waals surface area contributed by atoms with Crippen LogP contribution in [-0.4, -0.2) is 28.0 Å². The molecule has 3 N–H and O–H groups in total. The van der Waals surface area contributed by atoms with Gasteiger partial charge in [0.25, 0.3) is 5.91 Å². The number of benzene rings is 2. The van der Waals surface area contributed by atoms with E-state index in [9.17, 15) is 13.2 Å². The molecule has 0 saturated heterocycles. The number of carbonyl (C=O) groups excluding carboxylic acids is 1. The highest BCUT2D eigenvalue weighted by Gasteiger charge is 2.11. The van der Waals surface area contributed by atoms with Crippen LogP contribution in [0, 0.1) is 0 Å². The predicted molar refractivity (Wildman–Crippen MR) is 86.8 cm³/mol. The second-order valence-corrected chi connectivity index (χ2v) is 6.46. The number of hydrogen-bond donors (Lipinski definition) is 2. The molecule has 0 aliphatic heterocycles. The standard InChI is InChI=1S/C16H18N2O4S/c1-22-15-5-3-2-4-14(15)16(19)18-11-10-12-6-8-13(9-7-12)23(17,20)21/h2-9H,10-11H2,1H3,(H,18,19)(H2,17,20,21). The van der Waals surface area contributed by atoms with Crippen molar-refractivity contribution in [2.75, 3.05) is 13.7 Å². The minimum absolute atomic E-state index is 0.0688. The van der Waals surface area contributed by atoms with Gasteiger partial charge in [0.2, 0.25) is 10.0 Å². The van der Waals surface area contributed by atoms with Crippen molar-refractivity contribution < 1.29 is 17.9 Å². The number of amides is 1. The van der Waals surface area contributed by atoms with Gasteiger partial charge in [0.1, 0.15) is 5.75 Å². The highest BCUT2D eigenvalue weighted by atomic mass is 32.2. The monoisotopic (exact) mass is 334 g/mol. The molecule has 122 valence electrons. The van der Waals surface area contributed by atoms with E-state index < -0.39 is 10.0 Å². The molecule has 0 aliphatic carbocycles. The fraction of sp³-hybridized carbons (Fsp3) is 0.188. The van der Waals surface area contributed by atoms with Crippen molar-refractivity contribution in [1.82, 2.24) is 5.32 Å². The number of rotatable bonds is 6. The summed E-state index contributed by atoms with van der Waals surface area (Å²) >= 11 is 0. The molecule has 0 aromatic heterocycles. The Morgan fingerprint density at radius 3 is 2.39 bits per heavy atom. The van der Waals surface area contributed by atoms with E-state index in [-0.39, 0.29) is 10.8 Å². The van der Waals surface area contributed by atoms with E-state index in [2.05, 4.69) is 5.32 Å². The summed E-state index contributed by atoms with van der Waals surface area (Å²) in [7, 11) is -2.17. The smallest absolute Gasteiger partial charge is 0.255 e. The average molecular weight is 334 g/mol. The van der Waals surface area contributed by atoms with Crippen LogP contribution in [0.15, 0.2) is 53.4 Å². The molecule has 0 saturated carbocycles. The Labute approximate surface area is 135 Å². The van der Waals surface area contributed by atoms with Gasteiger partial charge in [-0.05, 0) is 36.2 Å².